The summed E-state index contributed by atoms with van der Waals surface area (Å²) in [6, 6.07) is 7.60. The van der Waals surface area contributed by atoms with Gasteiger partial charge >= 0.3 is 5.92 Å². The molecule has 0 N–H and O–H groups in total. The molecule has 0 unspecified atom stereocenters. The van der Waals surface area contributed by atoms with E-state index in [1.54, 1.807) is 0 Å². The zero-order chi connectivity index (χ0) is 8.32. The van der Waals surface area contributed by atoms with Gasteiger partial charge in [0.25, 0.3) is 0 Å². The van der Waals surface area contributed by atoms with E-state index < -0.39 is 12.6 Å². The van der Waals surface area contributed by atoms with Gasteiger partial charge in [0.05, 0.1) is 0 Å². The maximum atomic E-state index is 12.5. The van der Waals surface area contributed by atoms with Gasteiger partial charge in [0, 0.05) is 5.56 Å². The highest BCUT2D eigenvalue weighted by molar-refractivity contribution is 5.18. The summed E-state index contributed by atoms with van der Waals surface area (Å²) in [5.74, 6) is -3.36. The Balaban J connectivity index is 2.93. The van der Waals surface area contributed by atoms with Gasteiger partial charge in [-0.25, -0.2) is 4.39 Å². The molecular formula is C8H6F3. The van der Waals surface area contributed by atoms with E-state index in [4.69, 9.17) is 0 Å². The normalized spacial score (nSPS) is 11.5. The van der Waals surface area contributed by atoms with Crippen molar-refractivity contribution < 1.29 is 13.2 Å². The van der Waals surface area contributed by atoms with E-state index in [-0.39, 0.29) is 5.56 Å². The van der Waals surface area contributed by atoms with Crippen molar-refractivity contribution in [3.8, 4) is 0 Å². The van der Waals surface area contributed by atoms with Crippen molar-refractivity contribution in [2.75, 3.05) is 6.67 Å². The monoisotopic (exact) mass is 159 g/mol. The van der Waals surface area contributed by atoms with Gasteiger partial charge in [-0.2, -0.15) is 8.78 Å². The molecule has 0 amide bonds. The van der Waals surface area contributed by atoms with Crippen LogP contribution in [0.5, 0.6) is 0 Å². The van der Waals surface area contributed by atoms with Crippen LogP contribution in [-0.2, 0) is 5.92 Å². The Bertz CT molecular complexity index is 218. The van der Waals surface area contributed by atoms with Crippen LogP contribution in [0.4, 0.5) is 13.2 Å². The van der Waals surface area contributed by atoms with Crippen LogP contribution in [0.25, 0.3) is 0 Å². The molecule has 0 aromatic heterocycles. The van der Waals surface area contributed by atoms with Gasteiger partial charge in [-0.05, 0) is 12.1 Å². The largest absolute Gasteiger partial charge is 0.301 e. The van der Waals surface area contributed by atoms with Gasteiger partial charge in [-0.1, -0.05) is 18.2 Å². The van der Waals surface area contributed by atoms with E-state index in [1.807, 2.05) is 0 Å². The Morgan fingerprint density at radius 1 is 1.45 bits per heavy atom. The van der Waals surface area contributed by atoms with Crippen LogP contribution in [0.2, 0.25) is 0 Å². The second-order valence-corrected chi connectivity index (χ2v) is 2.13. The van der Waals surface area contributed by atoms with Crippen molar-refractivity contribution >= 4 is 0 Å². The number of hydrogen-bond donors (Lipinski definition) is 0. The quantitative estimate of drug-likeness (QED) is 0.622. The standard InChI is InChI=1S/C8H6F3/c9-6-8(10,11)7-4-2-1-3-5-7/h1-2,4-5H,6H2. The Morgan fingerprint density at radius 3 is 2.64 bits per heavy atom. The van der Waals surface area contributed by atoms with Crippen molar-refractivity contribution in [1.29, 1.82) is 0 Å². The Kier molecular flexibility index (Phi) is 2.17. The van der Waals surface area contributed by atoms with E-state index in [0.29, 0.717) is 0 Å². The fourth-order valence-corrected chi connectivity index (χ4v) is 0.698. The summed E-state index contributed by atoms with van der Waals surface area (Å²) >= 11 is 0. The Hall–Kier alpha value is -0.990. The highest BCUT2D eigenvalue weighted by Gasteiger charge is 2.30. The summed E-state index contributed by atoms with van der Waals surface area (Å²) in [5.41, 5.74) is -0.331. The third-order valence-corrected chi connectivity index (χ3v) is 1.30. The predicted molar refractivity (Wildman–Crippen MR) is 35.1 cm³/mol. The van der Waals surface area contributed by atoms with Gasteiger partial charge in [0.1, 0.15) is 0 Å². The molecular weight excluding hydrogens is 153 g/mol. The van der Waals surface area contributed by atoms with E-state index in [1.165, 1.54) is 18.2 Å². The van der Waals surface area contributed by atoms with Crippen LogP contribution in [0.1, 0.15) is 5.56 Å². The van der Waals surface area contributed by atoms with E-state index in [2.05, 4.69) is 6.07 Å². The minimum atomic E-state index is -3.36. The summed E-state index contributed by atoms with van der Waals surface area (Å²) in [7, 11) is 0. The highest BCUT2D eigenvalue weighted by atomic mass is 19.3. The molecule has 0 atom stereocenters. The van der Waals surface area contributed by atoms with Crippen molar-refractivity contribution in [2.24, 2.45) is 0 Å². The molecule has 0 bridgehead atoms. The number of alkyl halides is 3. The van der Waals surface area contributed by atoms with Gasteiger partial charge < -0.3 is 0 Å². The van der Waals surface area contributed by atoms with Gasteiger partial charge in [-0.15, -0.1) is 0 Å². The number of rotatable bonds is 2. The minimum absolute atomic E-state index is 0.331. The molecule has 0 aliphatic heterocycles. The maximum absolute atomic E-state index is 12.5. The average molecular weight is 159 g/mol. The molecule has 1 rings (SSSR count). The molecule has 0 saturated heterocycles. The molecule has 0 fully saturated rings. The lowest BCUT2D eigenvalue weighted by Gasteiger charge is -2.10. The topological polar surface area (TPSA) is 0 Å². The Labute approximate surface area is 62.7 Å². The molecule has 1 radical (unpaired) electrons. The lowest BCUT2D eigenvalue weighted by atomic mass is 10.1. The van der Waals surface area contributed by atoms with Crippen molar-refractivity contribution in [1.82, 2.24) is 0 Å². The minimum Gasteiger partial charge on any atom is -0.244 e. The van der Waals surface area contributed by atoms with Crippen molar-refractivity contribution in [3.63, 3.8) is 0 Å². The van der Waals surface area contributed by atoms with E-state index >= 15 is 0 Å². The highest BCUT2D eigenvalue weighted by Crippen LogP contribution is 2.27. The third kappa shape index (κ3) is 1.73. The first-order chi connectivity index (χ1) is 5.17. The molecule has 3 heteroatoms. The average Bonchev–Trinajstić information content (AvgIpc) is 2.06. The molecule has 0 aliphatic rings. The summed E-state index contributed by atoms with van der Waals surface area (Å²) in [5, 5.41) is 0. The van der Waals surface area contributed by atoms with Crippen LogP contribution in [0, 0.1) is 6.07 Å². The summed E-state index contributed by atoms with van der Waals surface area (Å²) in [6.07, 6.45) is 0. The molecule has 11 heavy (non-hydrogen) atoms. The SMILES string of the molecule is FCC(F)(F)c1c[c]ccc1. The first kappa shape index (κ1) is 8.11. The molecule has 1 aromatic carbocycles. The predicted octanol–water partition coefficient (Wildman–Crippen LogP) is 2.55. The van der Waals surface area contributed by atoms with Crippen molar-refractivity contribution in [3.05, 3.63) is 35.9 Å². The first-order valence-corrected chi connectivity index (χ1v) is 3.07. The number of hydrogen-bond acceptors (Lipinski definition) is 0. The van der Waals surface area contributed by atoms with Gasteiger partial charge in [-0.3, -0.25) is 0 Å². The van der Waals surface area contributed by atoms with E-state index in [0.717, 1.165) is 6.07 Å². The summed E-state index contributed by atoms with van der Waals surface area (Å²) < 4.78 is 36.7. The summed E-state index contributed by atoms with van der Waals surface area (Å²) in [6.45, 7) is -1.66. The van der Waals surface area contributed by atoms with Gasteiger partial charge in [0.2, 0.25) is 0 Å². The third-order valence-electron chi connectivity index (χ3n) is 1.30. The lowest BCUT2D eigenvalue weighted by molar-refractivity contribution is -0.0280. The number of halogens is 3. The van der Waals surface area contributed by atoms with Crippen molar-refractivity contribution in [2.45, 2.75) is 5.92 Å². The molecule has 0 nitrogen and oxygen atoms in total. The molecule has 1 aromatic rings. The van der Waals surface area contributed by atoms with Crippen LogP contribution in [-0.4, -0.2) is 6.67 Å². The first-order valence-electron chi connectivity index (χ1n) is 3.07. The fraction of sp³-hybridized carbons (Fsp3) is 0.250. The second-order valence-electron chi connectivity index (χ2n) is 2.13. The van der Waals surface area contributed by atoms with Gasteiger partial charge in [0.15, 0.2) is 6.67 Å². The van der Waals surface area contributed by atoms with Crippen LogP contribution < -0.4 is 0 Å². The fourth-order valence-electron chi connectivity index (χ4n) is 0.698. The zero-order valence-electron chi connectivity index (χ0n) is 5.65. The van der Waals surface area contributed by atoms with Crippen LogP contribution >= 0.6 is 0 Å². The maximum Gasteiger partial charge on any atom is 0.301 e. The Morgan fingerprint density at radius 2 is 2.18 bits per heavy atom. The smallest absolute Gasteiger partial charge is 0.244 e. The molecule has 0 saturated carbocycles. The molecule has 0 heterocycles. The molecule has 0 spiro atoms. The van der Waals surface area contributed by atoms with Crippen LogP contribution in [0.3, 0.4) is 0 Å². The zero-order valence-corrected chi connectivity index (χ0v) is 5.65. The molecule has 59 valence electrons. The lowest BCUT2D eigenvalue weighted by Crippen LogP contribution is -2.15. The van der Waals surface area contributed by atoms with E-state index in [9.17, 15) is 13.2 Å². The summed E-state index contributed by atoms with van der Waals surface area (Å²) in [4.78, 5) is 0. The number of benzene rings is 1. The molecule has 0 aliphatic carbocycles. The second kappa shape index (κ2) is 2.95. The van der Waals surface area contributed by atoms with Crippen LogP contribution in [0.15, 0.2) is 24.3 Å².